The molecule has 0 unspecified atom stereocenters. The summed E-state index contributed by atoms with van der Waals surface area (Å²) in [5.41, 5.74) is 1.49. The number of aromatic nitrogens is 2. The lowest BCUT2D eigenvalue weighted by Gasteiger charge is -2.08. The maximum absolute atomic E-state index is 10.8. The molecule has 0 saturated carbocycles. The van der Waals surface area contributed by atoms with Crippen LogP contribution in [-0.2, 0) is 6.42 Å². The van der Waals surface area contributed by atoms with Crippen LogP contribution in [0.15, 0.2) is 21.1 Å². The molecule has 1 N–H and O–H groups in total. The monoisotopic (exact) mass is 340 g/mol. The Morgan fingerprint density at radius 1 is 1.45 bits per heavy atom. The Morgan fingerprint density at radius 2 is 2.20 bits per heavy atom. The fraction of sp³-hybridized carbons (Fsp3) is 0.333. The van der Waals surface area contributed by atoms with Gasteiger partial charge in [-0.2, -0.15) is 4.98 Å². The van der Waals surface area contributed by atoms with Gasteiger partial charge in [-0.05, 0) is 35.8 Å². The summed E-state index contributed by atoms with van der Waals surface area (Å²) in [5.74, 6) is 1.16. The van der Waals surface area contributed by atoms with E-state index in [-0.39, 0.29) is 5.69 Å². The Morgan fingerprint density at radius 3 is 2.80 bits per heavy atom. The molecule has 0 bridgehead atoms. The molecular weight excluding hydrogens is 328 g/mol. The van der Waals surface area contributed by atoms with Gasteiger partial charge in [0.15, 0.2) is 5.82 Å². The predicted molar refractivity (Wildman–Crippen MR) is 76.8 cm³/mol. The first kappa shape index (κ1) is 14.4. The fourth-order valence-electron chi connectivity index (χ4n) is 1.75. The third-order valence-electron chi connectivity index (χ3n) is 2.71. The van der Waals surface area contributed by atoms with E-state index >= 15 is 0 Å². The summed E-state index contributed by atoms with van der Waals surface area (Å²) in [6, 6.07) is 3.23. The van der Waals surface area contributed by atoms with Crippen LogP contribution in [0.25, 0.3) is 0 Å². The second-order valence-electron chi connectivity index (χ2n) is 4.29. The average molecular weight is 341 g/mol. The van der Waals surface area contributed by atoms with Crippen LogP contribution >= 0.6 is 15.9 Å². The molecule has 2 aromatic rings. The van der Waals surface area contributed by atoms with E-state index in [0.29, 0.717) is 34.7 Å². The fourth-order valence-corrected chi connectivity index (χ4v) is 2.22. The SMILES string of the molecule is Cc1noc(CCNc2cc(C)c([N+](=O)[O-])cc2Br)n1. The summed E-state index contributed by atoms with van der Waals surface area (Å²) in [6.45, 7) is 4.06. The van der Waals surface area contributed by atoms with Gasteiger partial charge in [0, 0.05) is 34.8 Å². The normalized spacial score (nSPS) is 10.6. The van der Waals surface area contributed by atoms with Crippen molar-refractivity contribution in [3.8, 4) is 0 Å². The first-order chi connectivity index (χ1) is 9.47. The van der Waals surface area contributed by atoms with Crippen LogP contribution in [0.1, 0.15) is 17.3 Å². The number of nitrogens with zero attached hydrogens (tertiary/aromatic N) is 3. The molecule has 7 nitrogen and oxygen atoms in total. The van der Waals surface area contributed by atoms with Crippen molar-refractivity contribution in [3.63, 3.8) is 0 Å². The van der Waals surface area contributed by atoms with Crippen molar-refractivity contribution in [2.45, 2.75) is 20.3 Å². The molecule has 0 atom stereocenters. The molecule has 8 heteroatoms. The second-order valence-corrected chi connectivity index (χ2v) is 5.14. The third-order valence-corrected chi connectivity index (χ3v) is 3.36. The summed E-state index contributed by atoms with van der Waals surface area (Å²) in [4.78, 5) is 14.5. The van der Waals surface area contributed by atoms with Gasteiger partial charge in [0.2, 0.25) is 5.89 Å². The van der Waals surface area contributed by atoms with Crippen LogP contribution in [0.5, 0.6) is 0 Å². The number of nitro benzene ring substituents is 1. The van der Waals surface area contributed by atoms with Crippen LogP contribution < -0.4 is 5.32 Å². The maximum Gasteiger partial charge on any atom is 0.273 e. The number of nitro groups is 1. The van der Waals surface area contributed by atoms with Gasteiger partial charge in [0.1, 0.15) is 0 Å². The smallest absolute Gasteiger partial charge is 0.273 e. The van der Waals surface area contributed by atoms with Gasteiger partial charge in [-0.15, -0.1) is 0 Å². The highest BCUT2D eigenvalue weighted by Crippen LogP contribution is 2.30. The molecule has 0 radical (unpaired) electrons. The minimum absolute atomic E-state index is 0.0925. The number of benzene rings is 1. The Hall–Kier alpha value is -1.96. The molecule has 0 spiro atoms. The highest BCUT2D eigenvalue weighted by atomic mass is 79.9. The van der Waals surface area contributed by atoms with Crippen molar-refractivity contribution in [2.24, 2.45) is 0 Å². The van der Waals surface area contributed by atoms with E-state index in [1.165, 1.54) is 6.07 Å². The van der Waals surface area contributed by atoms with Crippen LogP contribution in [0, 0.1) is 24.0 Å². The highest BCUT2D eigenvalue weighted by molar-refractivity contribution is 9.10. The topological polar surface area (TPSA) is 94.1 Å². The van der Waals surface area contributed by atoms with E-state index < -0.39 is 4.92 Å². The lowest BCUT2D eigenvalue weighted by molar-refractivity contribution is -0.385. The number of nitrogens with one attached hydrogen (secondary N) is 1. The van der Waals surface area contributed by atoms with Crippen molar-refractivity contribution in [1.82, 2.24) is 10.1 Å². The molecule has 0 aliphatic carbocycles. The standard InChI is InChI=1S/C12H13BrN4O3/c1-7-5-10(9(13)6-11(7)17(18)19)14-4-3-12-15-8(2)16-20-12/h5-6,14H,3-4H2,1-2H3. The summed E-state index contributed by atoms with van der Waals surface area (Å²) in [6.07, 6.45) is 0.587. The molecule has 20 heavy (non-hydrogen) atoms. The zero-order valence-corrected chi connectivity index (χ0v) is 12.6. The van der Waals surface area contributed by atoms with Gasteiger partial charge in [-0.3, -0.25) is 10.1 Å². The molecule has 1 aromatic carbocycles. The van der Waals surface area contributed by atoms with Crippen molar-refractivity contribution < 1.29 is 9.45 Å². The summed E-state index contributed by atoms with van der Waals surface area (Å²) < 4.78 is 5.65. The number of rotatable bonds is 5. The molecule has 0 aliphatic heterocycles. The van der Waals surface area contributed by atoms with E-state index in [1.807, 2.05) is 0 Å². The van der Waals surface area contributed by atoms with Crippen molar-refractivity contribution in [2.75, 3.05) is 11.9 Å². The van der Waals surface area contributed by atoms with Crippen LogP contribution in [0.3, 0.4) is 0 Å². The van der Waals surface area contributed by atoms with Crippen LogP contribution in [0.4, 0.5) is 11.4 Å². The first-order valence-corrected chi connectivity index (χ1v) is 6.74. The Kier molecular flexibility index (Phi) is 4.33. The minimum atomic E-state index is -0.398. The molecule has 0 aliphatic rings. The van der Waals surface area contributed by atoms with Crippen molar-refractivity contribution >= 4 is 27.3 Å². The lowest BCUT2D eigenvalue weighted by atomic mass is 10.2. The quantitative estimate of drug-likeness (QED) is 0.664. The average Bonchev–Trinajstić information content (AvgIpc) is 2.78. The van der Waals surface area contributed by atoms with Gasteiger partial charge in [-0.25, -0.2) is 0 Å². The van der Waals surface area contributed by atoms with Gasteiger partial charge in [0.05, 0.1) is 4.92 Å². The molecule has 0 fully saturated rings. The molecule has 0 saturated heterocycles. The molecule has 106 valence electrons. The van der Waals surface area contributed by atoms with Crippen LogP contribution in [0.2, 0.25) is 0 Å². The Bertz CT molecular complexity index is 642. The highest BCUT2D eigenvalue weighted by Gasteiger charge is 2.14. The van der Waals surface area contributed by atoms with Crippen molar-refractivity contribution in [1.29, 1.82) is 0 Å². The molecule has 1 heterocycles. The number of halogens is 1. The first-order valence-electron chi connectivity index (χ1n) is 5.95. The van der Waals surface area contributed by atoms with Crippen molar-refractivity contribution in [3.05, 3.63) is 44.0 Å². The Balaban J connectivity index is 2.03. The molecule has 2 rings (SSSR count). The maximum atomic E-state index is 10.8. The summed E-state index contributed by atoms with van der Waals surface area (Å²) in [7, 11) is 0. The largest absolute Gasteiger partial charge is 0.384 e. The minimum Gasteiger partial charge on any atom is -0.384 e. The molecule has 1 aromatic heterocycles. The predicted octanol–water partition coefficient (Wildman–Crippen LogP) is 3.01. The second kappa shape index (κ2) is 6.00. The number of aryl methyl sites for hydroxylation is 2. The molecular formula is C12H13BrN4O3. The number of anilines is 1. The number of hydrogen-bond acceptors (Lipinski definition) is 6. The molecule has 0 amide bonds. The van der Waals surface area contributed by atoms with Gasteiger partial charge in [0.25, 0.3) is 5.69 Å². The summed E-state index contributed by atoms with van der Waals surface area (Å²) >= 11 is 3.32. The van der Waals surface area contributed by atoms with E-state index in [2.05, 4.69) is 31.4 Å². The zero-order chi connectivity index (χ0) is 14.7. The van der Waals surface area contributed by atoms with Gasteiger partial charge >= 0.3 is 0 Å². The zero-order valence-electron chi connectivity index (χ0n) is 11.0. The Labute approximate surface area is 123 Å². The van der Waals surface area contributed by atoms with E-state index in [1.54, 1.807) is 19.9 Å². The summed E-state index contributed by atoms with van der Waals surface area (Å²) in [5, 5.41) is 17.7. The lowest BCUT2D eigenvalue weighted by Crippen LogP contribution is -2.06. The van der Waals surface area contributed by atoms with Gasteiger partial charge in [-0.1, -0.05) is 5.16 Å². The van der Waals surface area contributed by atoms with E-state index in [0.717, 1.165) is 5.69 Å². The number of hydrogen-bond donors (Lipinski definition) is 1. The van der Waals surface area contributed by atoms with E-state index in [9.17, 15) is 10.1 Å². The van der Waals surface area contributed by atoms with E-state index in [4.69, 9.17) is 4.52 Å². The van der Waals surface area contributed by atoms with Gasteiger partial charge < -0.3 is 9.84 Å². The third kappa shape index (κ3) is 3.32. The van der Waals surface area contributed by atoms with Crippen LogP contribution in [-0.4, -0.2) is 21.6 Å².